The molecule has 0 radical (unpaired) electrons. The summed E-state index contributed by atoms with van der Waals surface area (Å²) in [6, 6.07) is -0.548. The van der Waals surface area contributed by atoms with Gasteiger partial charge in [0.05, 0.1) is 11.6 Å². The summed E-state index contributed by atoms with van der Waals surface area (Å²) in [6.45, 7) is 9.63. The van der Waals surface area contributed by atoms with Crippen LogP contribution in [-0.4, -0.2) is 39.9 Å². The van der Waals surface area contributed by atoms with Crippen LogP contribution in [0, 0.1) is 6.92 Å². The summed E-state index contributed by atoms with van der Waals surface area (Å²) in [5, 5.41) is 0. The highest BCUT2D eigenvalue weighted by atomic mass is 16.6. The fraction of sp³-hybridized carbons (Fsp3) is 0.688. The molecule has 1 aromatic rings. The van der Waals surface area contributed by atoms with Gasteiger partial charge in [0.2, 0.25) is 5.91 Å². The average Bonchev–Trinajstić information content (AvgIpc) is 2.95. The minimum absolute atomic E-state index is 0.0569. The Morgan fingerprint density at radius 2 is 2.23 bits per heavy atom. The second-order valence-corrected chi connectivity index (χ2v) is 6.73. The van der Waals surface area contributed by atoms with E-state index in [4.69, 9.17) is 9.15 Å². The Kier molecular flexibility index (Phi) is 4.58. The molecule has 2 rings (SSSR count). The summed E-state index contributed by atoms with van der Waals surface area (Å²) in [6.07, 6.45) is 2.42. The average molecular weight is 308 g/mol. The molecule has 2 unspecified atom stereocenters. The minimum atomic E-state index is -0.563. The fourth-order valence-corrected chi connectivity index (χ4v) is 2.64. The van der Waals surface area contributed by atoms with Crippen molar-refractivity contribution >= 4 is 11.9 Å². The molecule has 2 heterocycles. The molecule has 6 nitrogen and oxygen atoms in total. The SMILES string of the molecule is CCC(C(=O)OC(C)(C)C)N1CC(c2nc(C)co2)CC1=O. The van der Waals surface area contributed by atoms with Crippen LogP contribution in [0.25, 0.3) is 0 Å². The van der Waals surface area contributed by atoms with Gasteiger partial charge in [0.25, 0.3) is 0 Å². The number of amides is 1. The molecule has 1 aliphatic rings. The molecule has 0 aromatic carbocycles. The molecular weight excluding hydrogens is 284 g/mol. The highest BCUT2D eigenvalue weighted by Crippen LogP contribution is 2.30. The Balaban J connectivity index is 2.10. The lowest BCUT2D eigenvalue weighted by Crippen LogP contribution is -2.44. The summed E-state index contributed by atoms with van der Waals surface area (Å²) in [7, 11) is 0. The number of nitrogens with zero attached hydrogens (tertiary/aromatic N) is 2. The van der Waals surface area contributed by atoms with E-state index in [0.29, 0.717) is 25.3 Å². The van der Waals surface area contributed by atoms with E-state index in [1.165, 1.54) is 0 Å². The van der Waals surface area contributed by atoms with Gasteiger partial charge in [-0.05, 0) is 34.1 Å². The number of oxazole rings is 1. The highest BCUT2D eigenvalue weighted by Gasteiger charge is 2.40. The lowest BCUT2D eigenvalue weighted by molar-refractivity contribution is -0.163. The number of aromatic nitrogens is 1. The Hall–Kier alpha value is -1.85. The fourth-order valence-electron chi connectivity index (χ4n) is 2.64. The third-order valence-corrected chi connectivity index (χ3v) is 3.59. The monoisotopic (exact) mass is 308 g/mol. The number of carbonyl (C=O) groups excluding carboxylic acids is 2. The molecule has 122 valence electrons. The lowest BCUT2D eigenvalue weighted by Gasteiger charge is -2.29. The first-order chi connectivity index (χ1) is 10.2. The van der Waals surface area contributed by atoms with Crippen molar-refractivity contribution in [3.05, 3.63) is 17.8 Å². The van der Waals surface area contributed by atoms with Crippen molar-refractivity contribution in [1.82, 2.24) is 9.88 Å². The predicted molar refractivity (Wildman–Crippen MR) is 80.2 cm³/mol. The summed E-state index contributed by atoms with van der Waals surface area (Å²) < 4.78 is 10.8. The molecule has 1 fully saturated rings. The maximum atomic E-state index is 12.3. The summed E-state index contributed by atoms with van der Waals surface area (Å²) >= 11 is 0. The van der Waals surface area contributed by atoms with Gasteiger partial charge in [-0.2, -0.15) is 0 Å². The van der Waals surface area contributed by atoms with Gasteiger partial charge in [-0.3, -0.25) is 4.79 Å². The van der Waals surface area contributed by atoms with Crippen molar-refractivity contribution < 1.29 is 18.7 Å². The van der Waals surface area contributed by atoms with Gasteiger partial charge in [0.1, 0.15) is 17.9 Å². The first-order valence-electron chi connectivity index (χ1n) is 7.65. The molecule has 0 N–H and O–H groups in total. The summed E-state index contributed by atoms with van der Waals surface area (Å²) in [5.41, 5.74) is 0.229. The van der Waals surface area contributed by atoms with Crippen molar-refractivity contribution in [2.24, 2.45) is 0 Å². The lowest BCUT2D eigenvalue weighted by atomic mass is 10.1. The van der Waals surface area contributed by atoms with Gasteiger partial charge in [-0.25, -0.2) is 9.78 Å². The zero-order chi connectivity index (χ0) is 16.5. The first kappa shape index (κ1) is 16.5. The van der Waals surface area contributed by atoms with Gasteiger partial charge in [-0.1, -0.05) is 6.92 Å². The van der Waals surface area contributed by atoms with Gasteiger partial charge in [0.15, 0.2) is 5.89 Å². The number of likely N-dealkylation sites (tertiary alicyclic amines) is 1. The Bertz CT molecular complexity index is 559. The molecule has 0 saturated carbocycles. The number of aryl methyl sites for hydroxylation is 1. The Morgan fingerprint density at radius 3 is 2.73 bits per heavy atom. The topological polar surface area (TPSA) is 72.6 Å². The van der Waals surface area contributed by atoms with Crippen LogP contribution < -0.4 is 0 Å². The van der Waals surface area contributed by atoms with E-state index in [0.717, 1.165) is 5.69 Å². The van der Waals surface area contributed by atoms with E-state index in [-0.39, 0.29) is 17.8 Å². The molecule has 1 aromatic heterocycles. The Morgan fingerprint density at radius 1 is 1.55 bits per heavy atom. The Labute approximate surface area is 130 Å². The van der Waals surface area contributed by atoms with Gasteiger partial charge in [0, 0.05) is 13.0 Å². The van der Waals surface area contributed by atoms with Crippen molar-refractivity contribution in [3.8, 4) is 0 Å². The minimum Gasteiger partial charge on any atom is -0.458 e. The van der Waals surface area contributed by atoms with Crippen LogP contribution in [0.4, 0.5) is 0 Å². The highest BCUT2D eigenvalue weighted by molar-refractivity contribution is 5.86. The second-order valence-electron chi connectivity index (χ2n) is 6.73. The van der Waals surface area contributed by atoms with Crippen molar-refractivity contribution in [1.29, 1.82) is 0 Å². The first-order valence-corrected chi connectivity index (χ1v) is 7.65. The van der Waals surface area contributed by atoms with Gasteiger partial charge < -0.3 is 14.1 Å². The normalized spacial score (nSPS) is 20.3. The molecule has 1 aliphatic heterocycles. The van der Waals surface area contributed by atoms with Gasteiger partial charge >= 0.3 is 5.97 Å². The van der Waals surface area contributed by atoms with E-state index in [1.54, 1.807) is 11.2 Å². The number of ether oxygens (including phenoxy) is 1. The zero-order valence-corrected chi connectivity index (χ0v) is 13.9. The van der Waals surface area contributed by atoms with Crippen molar-refractivity contribution in [2.75, 3.05) is 6.54 Å². The molecule has 1 amide bonds. The van der Waals surface area contributed by atoms with Crippen LogP contribution in [0.1, 0.15) is 58.0 Å². The molecule has 2 atom stereocenters. The number of carbonyl (C=O) groups is 2. The van der Waals surface area contributed by atoms with Crippen LogP contribution in [0.3, 0.4) is 0 Å². The van der Waals surface area contributed by atoms with E-state index in [1.807, 2.05) is 34.6 Å². The quantitative estimate of drug-likeness (QED) is 0.799. The third-order valence-electron chi connectivity index (χ3n) is 3.59. The molecule has 1 saturated heterocycles. The van der Waals surface area contributed by atoms with Crippen LogP contribution >= 0.6 is 0 Å². The van der Waals surface area contributed by atoms with Crippen molar-refractivity contribution in [2.45, 2.75) is 65.0 Å². The maximum Gasteiger partial charge on any atom is 0.329 e. The smallest absolute Gasteiger partial charge is 0.329 e. The number of esters is 1. The zero-order valence-electron chi connectivity index (χ0n) is 13.9. The summed E-state index contributed by atoms with van der Waals surface area (Å²) in [5.74, 6) is 0.0521. The van der Waals surface area contributed by atoms with Crippen LogP contribution in [0.15, 0.2) is 10.7 Å². The predicted octanol–water partition coefficient (Wildman–Crippen LogP) is 2.42. The van der Waals surface area contributed by atoms with E-state index in [9.17, 15) is 9.59 Å². The van der Waals surface area contributed by atoms with Crippen molar-refractivity contribution in [3.63, 3.8) is 0 Å². The molecule has 0 aliphatic carbocycles. The molecule has 0 spiro atoms. The second kappa shape index (κ2) is 6.10. The number of hydrogen-bond acceptors (Lipinski definition) is 5. The van der Waals surface area contributed by atoms with Crippen LogP contribution in [-0.2, 0) is 14.3 Å². The molecule has 6 heteroatoms. The van der Waals surface area contributed by atoms with Gasteiger partial charge in [-0.15, -0.1) is 0 Å². The van der Waals surface area contributed by atoms with E-state index < -0.39 is 11.6 Å². The van der Waals surface area contributed by atoms with Crippen LogP contribution in [0.5, 0.6) is 0 Å². The number of hydrogen-bond donors (Lipinski definition) is 0. The molecular formula is C16H24N2O4. The van der Waals surface area contributed by atoms with E-state index in [2.05, 4.69) is 4.98 Å². The third kappa shape index (κ3) is 3.67. The maximum absolute atomic E-state index is 12.3. The van der Waals surface area contributed by atoms with E-state index >= 15 is 0 Å². The van der Waals surface area contributed by atoms with Crippen LogP contribution in [0.2, 0.25) is 0 Å². The molecule has 22 heavy (non-hydrogen) atoms. The molecule has 0 bridgehead atoms. The largest absolute Gasteiger partial charge is 0.458 e. The standard InChI is InChI=1S/C16H24N2O4/c1-6-12(15(20)22-16(3,4)5)18-8-11(7-13(18)19)14-17-10(2)9-21-14/h9,11-12H,6-8H2,1-5H3. The summed E-state index contributed by atoms with van der Waals surface area (Å²) in [4.78, 5) is 30.5. The number of rotatable bonds is 4.